The van der Waals surface area contributed by atoms with E-state index in [-0.39, 0.29) is 13.2 Å². The molecule has 0 atom stereocenters. The number of carbonyl (C=O) groups is 2. The molecule has 29 heavy (non-hydrogen) atoms. The summed E-state index contributed by atoms with van der Waals surface area (Å²) in [6, 6.07) is 3.18. The van der Waals surface area contributed by atoms with Gasteiger partial charge in [0, 0.05) is 17.7 Å². The van der Waals surface area contributed by atoms with E-state index in [0.717, 1.165) is 24.3 Å². The number of nitro groups is 1. The molecular formula is C15H14F3NO9S. The lowest BCUT2D eigenvalue weighted by atomic mass is 10.1. The number of esters is 2. The Balaban J connectivity index is 3.77. The zero-order chi connectivity index (χ0) is 22.4. The van der Waals surface area contributed by atoms with E-state index in [2.05, 4.69) is 13.7 Å². The van der Waals surface area contributed by atoms with Gasteiger partial charge < -0.3 is 13.7 Å². The van der Waals surface area contributed by atoms with E-state index >= 15 is 0 Å². The number of hydrogen-bond donors (Lipinski definition) is 0. The molecule has 0 amide bonds. The van der Waals surface area contributed by atoms with E-state index < -0.39 is 55.1 Å². The predicted octanol–water partition coefficient (Wildman–Crippen LogP) is 2.30. The van der Waals surface area contributed by atoms with Crippen molar-refractivity contribution in [1.29, 1.82) is 0 Å². The summed E-state index contributed by atoms with van der Waals surface area (Å²) >= 11 is 0. The van der Waals surface area contributed by atoms with Crippen LogP contribution < -0.4 is 0 Å². The highest BCUT2D eigenvalue weighted by molar-refractivity contribution is 7.87. The number of nitro benzene ring substituents is 1. The molecule has 0 radical (unpaired) electrons. The van der Waals surface area contributed by atoms with Gasteiger partial charge in [-0.1, -0.05) is 0 Å². The molecule has 0 saturated heterocycles. The molecule has 1 aromatic rings. The highest BCUT2D eigenvalue weighted by atomic mass is 32.2. The first kappa shape index (κ1) is 23.9. The minimum atomic E-state index is -6.32. The number of ether oxygens (including phenoxy) is 2. The minimum absolute atomic E-state index is 0.318. The van der Waals surface area contributed by atoms with E-state index in [1.807, 2.05) is 0 Å². The molecule has 0 heterocycles. The van der Waals surface area contributed by atoms with Gasteiger partial charge >= 0.3 is 27.6 Å². The number of benzene rings is 1. The first-order valence-electron chi connectivity index (χ1n) is 7.69. The minimum Gasteiger partial charge on any atom is -0.462 e. The molecule has 0 bridgehead atoms. The van der Waals surface area contributed by atoms with Gasteiger partial charge in [0.2, 0.25) is 0 Å². The number of non-ortho nitro benzene ring substituents is 1. The van der Waals surface area contributed by atoms with Crippen molar-refractivity contribution in [3.63, 3.8) is 0 Å². The molecule has 1 aromatic carbocycles. The molecular weight excluding hydrogens is 427 g/mol. The molecule has 0 aliphatic carbocycles. The number of hydrogen-bond acceptors (Lipinski definition) is 9. The molecule has 10 nitrogen and oxygen atoms in total. The fourth-order valence-corrected chi connectivity index (χ4v) is 2.29. The van der Waals surface area contributed by atoms with Crippen LogP contribution in [0.4, 0.5) is 18.9 Å². The van der Waals surface area contributed by atoms with Crippen LogP contribution in [0.15, 0.2) is 29.8 Å². The van der Waals surface area contributed by atoms with Crippen LogP contribution in [0.3, 0.4) is 0 Å². The van der Waals surface area contributed by atoms with Crippen LogP contribution in [-0.2, 0) is 33.4 Å². The lowest BCUT2D eigenvalue weighted by Crippen LogP contribution is -2.27. The molecule has 0 aromatic heterocycles. The van der Waals surface area contributed by atoms with Gasteiger partial charge in [0.15, 0.2) is 11.3 Å². The van der Waals surface area contributed by atoms with Crippen molar-refractivity contribution in [2.45, 2.75) is 19.4 Å². The molecule has 14 heteroatoms. The molecule has 0 unspecified atom stereocenters. The van der Waals surface area contributed by atoms with Crippen LogP contribution in [0.5, 0.6) is 0 Å². The maximum absolute atomic E-state index is 12.8. The Morgan fingerprint density at radius 2 is 1.48 bits per heavy atom. The number of halogens is 3. The summed E-state index contributed by atoms with van der Waals surface area (Å²) in [5.74, 6) is -4.39. The lowest BCUT2D eigenvalue weighted by Gasteiger charge is -2.16. The first-order chi connectivity index (χ1) is 13.4. The average Bonchev–Trinajstić information content (AvgIpc) is 2.60. The number of alkyl halides is 3. The summed E-state index contributed by atoms with van der Waals surface area (Å²) in [5, 5.41) is 10.7. The smallest absolute Gasteiger partial charge is 0.462 e. The van der Waals surface area contributed by atoms with Gasteiger partial charge in [-0.2, -0.15) is 21.6 Å². The zero-order valence-corrected chi connectivity index (χ0v) is 15.7. The van der Waals surface area contributed by atoms with Gasteiger partial charge in [-0.25, -0.2) is 9.59 Å². The van der Waals surface area contributed by atoms with Gasteiger partial charge in [0.1, 0.15) is 0 Å². The highest BCUT2D eigenvalue weighted by Gasteiger charge is 2.50. The third kappa shape index (κ3) is 5.91. The summed E-state index contributed by atoms with van der Waals surface area (Å²) in [7, 11) is -6.32. The lowest BCUT2D eigenvalue weighted by molar-refractivity contribution is -0.384. The summed E-state index contributed by atoms with van der Waals surface area (Å²) in [6.07, 6.45) is 0. The van der Waals surface area contributed by atoms with Crippen LogP contribution in [0.25, 0.3) is 5.76 Å². The summed E-state index contributed by atoms with van der Waals surface area (Å²) < 4.78 is 74.5. The quantitative estimate of drug-likeness (QED) is 0.0684. The van der Waals surface area contributed by atoms with Crippen LogP contribution in [0.2, 0.25) is 0 Å². The van der Waals surface area contributed by atoms with Crippen molar-refractivity contribution in [2.75, 3.05) is 13.2 Å². The van der Waals surface area contributed by atoms with Gasteiger partial charge in [-0.05, 0) is 26.0 Å². The van der Waals surface area contributed by atoms with E-state index in [0.29, 0.717) is 0 Å². The largest absolute Gasteiger partial charge is 0.534 e. The van der Waals surface area contributed by atoms with Crippen LogP contribution in [0, 0.1) is 10.1 Å². The molecule has 0 spiro atoms. The summed E-state index contributed by atoms with van der Waals surface area (Å²) in [4.78, 5) is 34.2. The second-order valence-electron chi connectivity index (χ2n) is 4.93. The van der Waals surface area contributed by atoms with Crippen molar-refractivity contribution >= 4 is 33.5 Å². The second-order valence-corrected chi connectivity index (χ2v) is 6.47. The molecule has 0 aliphatic heterocycles. The SMILES string of the molecule is CCOC(=O)C(C(=O)OCC)=C(OS(=O)(=O)C(F)(F)F)c1ccc([N+](=O)[O-])cc1. The van der Waals surface area contributed by atoms with Crippen LogP contribution >= 0.6 is 0 Å². The Morgan fingerprint density at radius 1 is 1.03 bits per heavy atom. The molecule has 0 saturated carbocycles. The topological polar surface area (TPSA) is 139 Å². The standard InChI is InChI=1S/C15H14F3NO9S/c1-3-26-13(20)11(14(21)27-4-2)12(28-29(24,25)15(16,17)18)9-5-7-10(8-6-9)19(22)23/h5-8H,3-4H2,1-2H3. The van der Waals surface area contributed by atoms with E-state index in [1.165, 1.54) is 13.8 Å². The van der Waals surface area contributed by atoms with Gasteiger partial charge in [-0.3, -0.25) is 10.1 Å². The number of rotatable bonds is 8. The van der Waals surface area contributed by atoms with Crippen molar-refractivity contribution in [3.05, 3.63) is 45.5 Å². The van der Waals surface area contributed by atoms with Gasteiger partial charge in [-0.15, -0.1) is 0 Å². The molecule has 0 aliphatic rings. The zero-order valence-electron chi connectivity index (χ0n) is 14.9. The second kappa shape index (κ2) is 9.36. The Kier molecular flexibility index (Phi) is 7.71. The molecule has 0 fully saturated rings. The predicted molar refractivity (Wildman–Crippen MR) is 89.3 cm³/mol. The fraction of sp³-hybridized carbons (Fsp3) is 0.333. The Bertz CT molecular complexity index is 901. The third-order valence-corrected chi connectivity index (χ3v) is 3.96. The van der Waals surface area contributed by atoms with E-state index in [4.69, 9.17) is 0 Å². The monoisotopic (exact) mass is 441 g/mol. The molecule has 1 rings (SSSR count). The number of carbonyl (C=O) groups excluding carboxylic acids is 2. The van der Waals surface area contributed by atoms with E-state index in [1.54, 1.807) is 0 Å². The Labute approximate surface area is 162 Å². The van der Waals surface area contributed by atoms with E-state index in [9.17, 15) is 41.3 Å². The summed E-state index contributed by atoms with van der Waals surface area (Å²) in [5.41, 5.74) is -8.22. The average molecular weight is 441 g/mol. The van der Waals surface area contributed by atoms with Crippen molar-refractivity contribution in [2.24, 2.45) is 0 Å². The van der Waals surface area contributed by atoms with Crippen LogP contribution in [0.1, 0.15) is 19.4 Å². The highest BCUT2D eigenvalue weighted by Crippen LogP contribution is 2.32. The number of nitrogens with zero attached hydrogens (tertiary/aromatic N) is 1. The van der Waals surface area contributed by atoms with Crippen molar-refractivity contribution < 1.29 is 49.8 Å². The molecule has 160 valence electrons. The Morgan fingerprint density at radius 3 is 1.83 bits per heavy atom. The fourth-order valence-electron chi connectivity index (χ4n) is 1.80. The van der Waals surface area contributed by atoms with Crippen LogP contribution in [-0.4, -0.2) is 44.0 Å². The maximum atomic E-state index is 12.8. The summed E-state index contributed by atoms with van der Waals surface area (Å²) in [6.45, 7) is 2.00. The third-order valence-electron chi connectivity index (χ3n) is 3.00. The Hall–Kier alpha value is -3.16. The maximum Gasteiger partial charge on any atom is 0.534 e. The van der Waals surface area contributed by atoms with Crippen molar-refractivity contribution in [1.82, 2.24) is 0 Å². The van der Waals surface area contributed by atoms with Gasteiger partial charge in [0.25, 0.3) is 5.69 Å². The normalized spacial score (nSPS) is 11.3. The molecule has 0 N–H and O–H groups in total. The van der Waals surface area contributed by atoms with Gasteiger partial charge in [0.05, 0.1) is 18.1 Å². The first-order valence-corrected chi connectivity index (χ1v) is 9.10. The van der Waals surface area contributed by atoms with Crippen molar-refractivity contribution in [3.8, 4) is 0 Å².